The molecule has 0 amide bonds. The second-order valence-electron chi connectivity index (χ2n) is 3.71. The van der Waals surface area contributed by atoms with E-state index in [-0.39, 0.29) is 0 Å². The third-order valence-electron chi connectivity index (χ3n) is 1.15. The summed E-state index contributed by atoms with van der Waals surface area (Å²) >= 11 is 4.80. The molecule has 0 aliphatic rings. The number of hydrogen-bond donors (Lipinski definition) is 1. The van der Waals surface area contributed by atoms with Crippen molar-refractivity contribution in [2.75, 3.05) is 12.3 Å². The Morgan fingerprint density at radius 3 is 1.46 bits per heavy atom. The third-order valence-corrected chi connectivity index (χ3v) is 3.46. The monoisotopic (exact) mass is 609 g/mol. The molecular formula is C8H19I2IrOP. The second-order valence-corrected chi connectivity index (χ2v) is 22.9. The van der Waals surface area contributed by atoms with E-state index in [4.69, 9.17) is 0 Å². The van der Waals surface area contributed by atoms with Gasteiger partial charge in [-0.3, -0.25) is 0 Å². The normalized spacial score (nSPS) is 10.9. The van der Waals surface area contributed by atoms with Crippen LogP contribution in [0.25, 0.3) is 0 Å². The second kappa shape index (κ2) is 12.6. The first-order valence-corrected chi connectivity index (χ1v) is 19.5. The van der Waals surface area contributed by atoms with Crippen molar-refractivity contribution >= 4 is 47.3 Å². The summed E-state index contributed by atoms with van der Waals surface area (Å²) in [7, 11) is -0.219. The van der Waals surface area contributed by atoms with E-state index < -0.39 is 8.15 Å². The first-order chi connectivity index (χ1) is 5.93. The molecule has 0 saturated heterocycles. The van der Waals surface area contributed by atoms with Gasteiger partial charge in [-0.1, -0.05) is 27.7 Å². The molecule has 0 aromatic heterocycles. The van der Waals surface area contributed by atoms with Crippen LogP contribution in [-0.4, -0.2) is 17.2 Å². The summed E-state index contributed by atoms with van der Waals surface area (Å²) in [5.74, 6) is 1.30. The van der Waals surface area contributed by atoms with Gasteiger partial charge in [-0.25, -0.2) is 0 Å². The topological polar surface area (TPSA) is 20.2 Å². The predicted octanol–water partition coefficient (Wildman–Crippen LogP) is 4.46. The summed E-state index contributed by atoms with van der Waals surface area (Å²) in [4.78, 5) is 9.45. The van der Waals surface area contributed by atoms with Gasteiger partial charge in [-0.15, -0.1) is 0 Å². The van der Waals surface area contributed by atoms with Crippen molar-refractivity contribution in [3.63, 3.8) is 0 Å². The van der Waals surface area contributed by atoms with E-state index in [2.05, 4.69) is 66.9 Å². The van der Waals surface area contributed by atoms with Crippen molar-refractivity contribution in [1.29, 1.82) is 0 Å². The van der Waals surface area contributed by atoms with Gasteiger partial charge in [0.2, 0.25) is 0 Å². The first-order valence-electron chi connectivity index (χ1n) is 4.21. The van der Waals surface area contributed by atoms with Crippen LogP contribution in [0.1, 0.15) is 27.7 Å². The molecule has 0 bridgehead atoms. The average Bonchev–Trinajstić information content (AvgIpc) is 1.83. The van der Waals surface area contributed by atoms with Crippen LogP contribution in [0.2, 0.25) is 0 Å². The van der Waals surface area contributed by atoms with Gasteiger partial charge < -0.3 is 4.89 Å². The van der Waals surface area contributed by atoms with Crippen LogP contribution in [0.5, 0.6) is 0 Å². The van der Waals surface area contributed by atoms with Crippen molar-refractivity contribution in [1.82, 2.24) is 0 Å². The van der Waals surface area contributed by atoms with E-state index in [1.165, 1.54) is 0 Å². The molecule has 0 aliphatic heterocycles. The molecule has 1 N–H and O–H groups in total. The molecule has 0 aromatic rings. The van der Waals surface area contributed by atoms with Gasteiger partial charge in [-0.2, -0.15) is 0 Å². The molecule has 0 aromatic carbocycles. The van der Waals surface area contributed by atoms with Crippen LogP contribution in [0, 0.1) is 11.8 Å². The van der Waals surface area contributed by atoms with E-state index in [1.807, 2.05) is 0 Å². The molecule has 0 fully saturated rings. The van der Waals surface area contributed by atoms with Gasteiger partial charge in [-0.05, 0) is 24.2 Å². The standard InChI is InChI=1S/C8H19OP.2HI.Ir/c1-7(2)5-10(9)6-8(3)4;;;/h7-9H,5-6H2,1-4H3;2*1H;/q;;;+2/p-2. The Labute approximate surface area is 113 Å². The molecule has 0 unspecified atom stereocenters. The van der Waals surface area contributed by atoms with Gasteiger partial charge in [0.1, 0.15) is 0 Å². The third kappa shape index (κ3) is 20.5. The molecule has 0 saturated carbocycles. The summed E-state index contributed by atoms with van der Waals surface area (Å²) in [6, 6.07) is 0. The Bertz CT molecular complexity index is 94.1. The SMILES string of the molecule is CC(C)CP(O)CC(C)C.[I][Ir][I]. The predicted molar refractivity (Wildman–Crippen MR) is 76.6 cm³/mol. The molecule has 0 atom stereocenters. The summed E-state index contributed by atoms with van der Waals surface area (Å²) in [6.45, 7) is 8.63. The van der Waals surface area contributed by atoms with Gasteiger partial charge in [0.25, 0.3) is 0 Å². The minimum absolute atomic E-state index is 0.440. The Morgan fingerprint density at radius 1 is 1.08 bits per heavy atom. The van der Waals surface area contributed by atoms with Crippen LogP contribution < -0.4 is 0 Å². The fourth-order valence-electron chi connectivity index (χ4n) is 0.918. The van der Waals surface area contributed by atoms with Crippen molar-refractivity contribution in [3.8, 4) is 0 Å². The summed E-state index contributed by atoms with van der Waals surface area (Å²) in [5.41, 5.74) is 0. The van der Waals surface area contributed by atoms with Gasteiger partial charge in [0.15, 0.2) is 0 Å². The molecule has 0 rings (SSSR count). The average molecular weight is 608 g/mol. The Morgan fingerprint density at radius 2 is 1.31 bits per heavy atom. The van der Waals surface area contributed by atoms with Gasteiger partial charge in [0.05, 0.1) is 0 Å². The van der Waals surface area contributed by atoms with E-state index in [9.17, 15) is 4.89 Å². The molecule has 85 valence electrons. The Kier molecular flexibility index (Phi) is 17.3. The zero-order chi connectivity index (χ0) is 10.9. The van der Waals surface area contributed by atoms with E-state index in [0.717, 1.165) is 12.3 Å². The van der Waals surface area contributed by atoms with Gasteiger partial charge in [0, 0.05) is 8.15 Å². The Hall–Kier alpha value is 2.50. The van der Waals surface area contributed by atoms with E-state index in [1.54, 1.807) is 0 Å². The molecule has 13 heavy (non-hydrogen) atoms. The van der Waals surface area contributed by atoms with Crippen LogP contribution in [-0.2, 0) is 10.5 Å². The van der Waals surface area contributed by atoms with Crippen LogP contribution >= 0.6 is 47.3 Å². The summed E-state index contributed by atoms with van der Waals surface area (Å²) in [6.07, 6.45) is 2.01. The zero-order valence-electron chi connectivity index (χ0n) is 8.55. The number of hydrogen-bond acceptors (Lipinski definition) is 1. The molecule has 0 aliphatic carbocycles. The maximum atomic E-state index is 9.45. The van der Waals surface area contributed by atoms with Crippen LogP contribution in [0.4, 0.5) is 0 Å². The molecule has 1 nitrogen and oxygen atoms in total. The van der Waals surface area contributed by atoms with Crippen molar-refractivity contribution in [3.05, 3.63) is 0 Å². The van der Waals surface area contributed by atoms with Crippen molar-refractivity contribution in [2.24, 2.45) is 11.8 Å². The molecule has 5 heteroatoms. The molecule has 0 radical (unpaired) electrons. The summed E-state index contributed by atoms with van der Waals surface area (Å²) in [5, 5.41) is 0. The van der Waals surface area contributed by atoms with Crippen molar-refractivity contribution < 1.29 is 15.4 Å². The van der Waals surface area contributed by atoms with Gasteiger partial charge >= 0.3 is 49.7 Å². The molecule has 0 heterocycles. The first kappa shape index (κ1) is 17.9. The van der Waals surface area contributed by atoms with E-state index in [0.29, 0.717) is 22.4 Å². The minimum atomic E-state index is -0.659. The number of rotatable bonds is 4. The van der Waals surface area contributed by atoms with E-state index >= 15 is 0 Å². The molecular weight excluding hydrogens is 589 g/mol. The fourth-order valence-corrected chi connectivity index (χ4v) is 2.75. The van der Waals surface area contributed by atoms with Crippen LogP contribution in [0.3, 0.4) is 0 Å². The zero-order valence-corrected chi connectivity index (χ0v) is 16.2. The quantitative estimate of drug-likeness (QED) is 0.370. The maximum absolute atomic E-state index is 9.45. The molecule has 0 spiro atoms. The summed E-state index contributed by atoms with van der Waals surface area (Å²) < 4.78 is 0. The van der Waals surface area contributed by atoms with Crippen molar-refractivity contribution in [2.45, 2.75) is 27.7 Å². The fraction of sp³-hybridized carbons (Fsp3) is 1.00. The van der Waals surface area contributed by atoms with Crippen LogP contribution in [0.15, 0.2) is 0 Å². The Balaban J connectivity index is 0. The number of halogens is 2.